The van der Waals surface area contributed by atoms with Crippen LogP contribution in [0.25, 0.3) is 0 Å². The lowest BCUT2D eigenvalue weighted by atomic mass is 10.1. The summed E-state index contributed by atoms with van der Waals surface area (Å²) < 4.78 is 5.12. The molecule has 2 rings (SSSR count). The molecule has 0 saturated carbocycles. The van der Waals surface area contributed by atoms with Crippen molar-refractivity contribution in [2.45, 2.75) is 44.9 Å². The van der Waals surface area contributed by atoms with Crippen molar-refractivity contribution in [1.82, 2.24) is 0 Å². The number of aryl methyl sites for hydroxylation is 1. The number of carbonyl (C=O) groups excluding carboxylic acids is 1. The molecular formula is C21H26O5. The Morgan fingerprint density at radius 3 is 2.04 bits per heavy atom. The van der Waals surface area contributed by atoms with Crippen molar-refractivity contribution in [3.05, 3.63) is 53.6 Å². The van der Waals surface area contributed by atoms with Crippen LogP contribution >= 0.6 is 0 Å². The largest absolute Gasteiger partial charge is 0.504 e. The van der Waals surface area contributed by atoms with Crippen molar-refractivity contribution >= 4 is 5.97 Å². The van der Waals surface area contributed by atoms with E-state index in [9.17, 15) is 20.1 Å². The Morgan fingerprint density at radius 2 is 1.38 bits per heavy atom. The molecule has 3 N–H and O–H groups in total. The molecule has 0 amide bonds. The minimum Gasteiger partial charge on any atom is -0.504 e. The van der Waals surface area contributed by atoms with Crippen LogP contribution in [0.3, 0.4) is 0 Å². The average Bonchev–Trinajstić information content (AvgIpc) is 2.65. The van der Waals surface area contributed by atoms with E-state index in [1.54, 1.807) is 0 Å². The van der Waals surface area contributed by atoms with E-state index in [0.29, 0.717) is 6.61 Å². The van der Waals surface area contributed by atoms with E-state index in [2.05, 4.69) is 24.3 Å². The molecule has 5 nitrogen and oxygen atoms in total. The molecule has 0 unspecified atom stereocenters. The summed E-state index contributed by atoms with van der Waals surface area (Å²) in [6.45, 7) is 0.297. The lowest BCUT2D eigenvalue weighted by Gasteiger charge is -2.07. The van der Waals surface area contributed by atoms with Gasteiger partial charge in [-0.15, -0.1) is 0 Å². The van der Waals surface area contributed by atoms with Crippen molar-refractivity contribution in [1.29, 1.82) is 0 Å². The molecule has 0 aliphatic carbocycles. The van der Waals surface area contributed by atoms with E-state index in [0.717, 1.165) is 37.8 Å². The number of phenols is 3. The van der Waals surface area contributed by atoms with Crippen LogP contribution in [0.4, 0.5) is 0 Å². The van der Waals surface area contributed by atoms with Crippen molar-refractivity contribution in [3.8, 4) is 17.2 Å². The Kier molecular flexibility index (Phi) is 7.80. The first kappa shape index (κ1) is 19.6. The maximum atomic E-state index is 11.8. The van der Waals surface area contributed by atoms with Crippen LogP contribution in [0.2, 0.25) is 0 Å². The summed E-state index contributed by atoms with van der Waals surface area (Å²) in [4.78, 5) is 11.8. The summed E-state index contributed by atoms with van der Waals surface area (Å²) in [6.07, 6.45) is 7.54. The highest BCUT2D eigenvalue weighted by molar-refractivity contribution is 5.91. The second kappa shape index (κ2) is 10.3. The topological polar surface area (TPSA) is 87.0 Å². The fraction of sp³-hybridized carbons (Fsp3) is 0.381. The minimum absolute atomic E-state index is 0.0127. The van der Waals surface area contributed by atoms with Gasteiger partial charge in [-0.25, -0.2) is 4.79 Å². The van der Waals surface area contributed by atoms with Crippen LogP contribution in [0, 0.1) is 0 Å². The Balaban J connectivity index is 1.53. The van der Waals surface area contributed by atoms with Gasteiger partial charge in [0.15, 0.2) is 17.2 Å². The van der Waals surface area contributed by atoms with Crippen LogP contribution in [0.5, 0.6) is 17.2 Å². The molecule has 26 heavy (non-hydrogen) atoms. The van der Waals surface area contributed by atoms with E-state index in [1.807, 2.05) is 6.07 Å². The summed E-state index contributed by atoms with van der Waals surface area (Å²) >= 11 is 0. The number of rotatable bonds is 10. The summed E-state index contributed by atoms with van der Waals surface area (Å²) in [7, 11) is 0. The maximum Gasteiger partial charge on any atom is 0.338 e. The Hall–Kier alpha value is -2.69. The van der Waals surface area contributed by atoms with E-state index >= 15 is 0 Å². The molecule has 0 radical (unpaired) electrons. The number of unbranched alkanes of at least 4 members (excludes halogenated alkanes) is 5. The first-order chi connectivity index (χ1) is 12.6. The highest BCUT2D eigenvalue weighted by Gasteiger charge is 2.14. The van der Waals surface area contributed by atoms with Crippen molar-refractivity contribution in [2.24, 2.45) is 0 Å². The monoisotopic (exact) mass is 358 g/mol. The van der Waals surface area contributed by atoms with Gasteiger partial charge in [0.25, 0.3) is 0 Å². The van der Waals surface area contributed by atoms with Gasteiger partial charge in [-0.1, -0.05) is 56.0 Å². The number of hydrogen-bond acceptors (Lipinski definition) is 5. The van der Waals surface area contributed by atoms with Gasteiger partial charge in [0, 0.05) is 0 Å². The van der Waals surface area contributed by atoms with E-state index in [-0.39, 0.29) is 5.56 Å². The van der Waals surface area contributed by atoms with Crippen molar-refractivity contribution in [2.75, 3.05) is 6.61 Å². The Labute approximate surface area is 153 Å². The van der Waals surface area contributed by atoms with E-state index < -0.39 is 23.2 Å². The predicted molar refractivity (Wildman–Crippen MR) is 99.6 cm³/mol. The van der Waals surface area contributed by atoms with Gasteiger partial charge in [0.05, 0.1) is 12.2 Å². The molecule has 2 aromatic rings. The third-order valence-electron chi connectivity index (χ3n) is 4.24. The lowest BCUT2D eigenvalue weighted by molar-refractivity contribution is 0.0496. The molecule has 0 aliphatic heterocycles. The first-order valence-electron chi connectivity index (χ1n) is 9.04. The van der Waals surface area contributed by atoms with Gasteiger partial charge in [-0.2, -0.15) is 0 Å². The molecule has 0 saturated heterocycles. The number of esters is 1. The Morgan fingerprint density at radius 1 is 0.808 bits per heavy atom. The highest BCUT2D eigenvalue weighted by Crippen LogP contribution is 2.35. The fourth-order valence-electron chi connectivity index (χ4n) is 2.75. The van der Waals surface area contributed by atoms with Crippen LogP contribution in [-0.2, 0) is 11.2 Å². The zero-order valence-electron chi connectivity index (χ0n) is 14.9. The molecule has 0 spiro atoms. The second-order valence-electron chi connectivity index (χ2n) is 6.36. The van der Waals surface area contributed by atoms with Crippen LogP contribution in [0.15, 0.2) is 42.5 Å². The SMILES string of the molecule is O=C(OCCCCCCCCc1ccccc1)c1cc(O)c(O)c(O)c1. The standard InChI is InChI=1S/C21H26O5/c22-18-14-17(15-19(23)20(18)24)21(25)26-13-9-4-2-1-3-6-10-16-11-7-5-8-12-16/h5,7-8,11-12,14-15,22-24H,1-4,6,9-10,13H2. The van der Waals surface area contributed by atoms with Crippen molar-refractivity contribution < 1.29 is 24.9 Å². The molecule has 0 aromatic heterocycles. The molecule has 2 aromatic carbocycles. The van der Waals surface area contributed by atoms with Crippen LogP contribution < -0.4 is 0 Å². The molecule has 140 valence electrons. The average molecular weight is 358 g/mol. The molecule has 0 aliphatic rings. The number of ether oxygens (including phenoxy) is 1. The third kappa shape index (κ3) is 6.31. The highest BCUT2D eigenvalue weighted by atomic mass is 16.5. The van der Waals surface area contributed by atoms with E-state index in [4.69, 9.17) is 4.74 Å². The summed E-state index contributed by atoms with van der Waals surface area (Å²) in [5.41, 5.74) is 1.39. The van der Waals surface area contributed by atoms with Gasteiger partial charge < -0.3 is 20.1 Å². The fourth-order valence-corrected chi connectivity index (χ4v) is 2.75. The van der Waals surface area contributed by atoms with Gasteiger partial charge in [0.2, 0.25) is 0 Å². The predicted octanol–water partition coefficient (Wildman–Crippen LogP) is 4.54. The molecule has 0 bridgehead atoms. The van der Waals surface area contributed by atoms with Crippen LogP contribution in [0.1, 0.15) is 54.4 Å². The third-order valence-corrected chi connectivity index (χ3v) is 4.24. The molecular weight excluding hydrogens is 332 g/mol. The molecule has 0 fully saturated rings. The van der Waals surface area contributed by atoms with Crippen molar-refractivity contribution in [3.63, 3.8) is 0 Å². The number of carbonyl (C=O) groups is 1. The minimum atomic E-state index is -0.645. The second-order valence-corrected chi connectivity index (χ2v) is 6.36. The first-order valence-corrected chi connectivity index (χ1v) is 9.04. The van der Waals surface area contributed by atoms with E-state index in [1.165, 1.54) is 24.8 Å². The quantitative estimate of drug-likeness (QED) is 0.330. The van der Waals surface area contributed by atoms with Gasteiger partial charge in [-0.05, 0) is 37.0 Å². The zero-order valence-corrected chi connectivity index (χ0v) is 14.9. The smallest absolute Gasteiger partial charge is 0.338 e. The number of phenolic OH excluding ortho intramolecular Hbond substituents is 3. The molecule has 0 atom stereocenters. The molecule has 0 heterocycles. The zero-order chi connectivity index (χ0) is 18.8. The summed E-state index contributed by atoms with van der Waals surface area (Å²) in [5, 5.41) is 28.1. The molecule has 5 heteroatoms. The number of benzene rings is 2. The summed E-state index contributed by atoms with van der Waals surface area (Å²) in [6, 6.07) is 12.6. The lowest BCUT2D eigenvalue weighted by Crippen LogP contribution is -2.06. The normalized spacial score (nSPS) is 10.6. The Bertz CT molecular complexity index is 674. The van der Waals surface area contributed by atoms with Gasteiger partial charge in [0.1, 0.15) is 0 Å². The number of aromatic hydroxyl groups is 3. The number of hydrogen-bond donors (Lipinski definition) is 3. The van der Waals surface area contributed by atoms with Crippen LogP contribution in [-0.4, -0.2) is 27.9 Å². The van der Waals surface area contributed by atoms with Gasteiger partial charge >= 0.3 is 5.97 Å². The van der Waals surface area contributed by atoms with Gasteiger partial charge in [-0.3, -0.25) is 0 Å². The summed E-state index contributed by atoms with van der Waals surface area (Å²) in [5.74, 6) is -2.37. The maximum absolute atomic E-state index is 11.8.